The lowest BCUT2D eigenvalue weighted by Crippen LogP contribution is -2.18. The summed E-state index contributed by atoms with van der Waals surface area (Å²) in [6, 6.07) is 4.55. The highest BCUT2D eigenvalue weighted by molar-refractivity contribution is 5.38. The van der Waals surface area contributed by atoms with Crippen molar-refractivity contribution in [3.05, 3.63) is 34.4 Å². The van der Waals surface area contributed by atoms with Gasteiger partial charge in [0.25, 0.3) is 0 Å². The van der Waals surface area contributed by atoms with Crippen molar-refractivity contribution in [3.8, 4) is 0 Å². The van der Waals surface area contributed by atoms with Crippen LogP contribution in [0.5, 0.6) is 0 Å². The minimum absolute atomic E-state index is 0.0777. The number of aliphatic hydroxyl groups is 1. The van der Waals surface area contributed by atoms with Gasteiger partial charge in [0, 0.05) is 0 Å². The predicted octanol–water partition coefficient (Wildman–Crippen LogP) is 3.71. The van der Waals surface area contributed by atoms with Crippen LogP contribution >= 0.6 is 0 Å². The lowest BCUT2D eigenvalue weighted by atomic mass is 9.79. The first-order valence-corrected chi connectivity index (χ1v) is 6.64. The molecule has 0 radical (unpaired) electrons. The minimum atomic E-state index is -0.0777. The van der Waals surface area contributed by atoms with Crippen LogP contribution in [0.1, 0.15) is 48.4 Å². The Morgan fingerprint density at radius 2 is 1.82 bits per heavy atom. The molecule has 0 bridgehead atoms. The second-order valence-electron chi connectivity index (χ2n) is 6.26. The molecule has 2 unspecified atom stereocenters. The maximum atomic E-state index is 9.73. The van der Waals surface area contributed by atoms with Crippen molar-refractivity contribution in [2.45, 2.75) is 59.5 Å². The van der Waals surface area contributed by atoms with Gasteiger partial charge in [0.1, 0.15) is 0 Å². The molecule has 2 atom stereocenters. The molecule has 1 fully saturated rings. The minimum Gasteiger partial charge on any atom is -0.393 e. The molecule has 0 amide bonds. The van der Waals surface area contributed by atoms with Gasteiger partial charge in [-0.25, -0.2) is 0 Å². The summed E-state index contributed by atoms with van der Waals surface area (Å²) >= 11 is 0. The third-order valence-corrected chi connectivity index (χ3v) is 4.25. The summed E-state index contributed by atoms with van der Waals surface area (Å²) in [4.78, 5) is 0. The van der Waals surface area contributed by atoms with Gasteiger partial charge in [0.05, 0.1) is 6.10 Å². The number of hydrogen-bond acceptors (Lipinski definition) is 1. The monoisotopic (exact) mass is 232 g/mol. The van der Waals surface area contributed by atoms with Gasteiger partial charge in [-0.3, -0.25) is 0 Å². The van der Waals surface area contributed by atoms with Crippen molar-refractivity contribution in [2.24, 2.45) is 5.41 Å². The van der Waals surface area contributed by atoms with Crippen LogP contribution in [0.25, 0.3) is 0 Å². The van der Waals surface area contributed by atoms with Crippen molar-refractivity contribution >= 4 is 0 Å². The molecule has 1 saturated carbocycles. The molecule has 1 aliphatic rings. The molecule has 0 saturated heterocycles. The van der Waals surface area contributed by atoms with Crippen molar-refractivity contribution in [3.63, 3.8) is 0 Å². The normalized spacial score (nSPS) is 28.6. The van der Waals surface area contributed by atoms with Crippen molar-refractivity contribution in [2.75, 3.05) is 0 Å². The fourth-order valence-electron chi connectivity index (χ4n) is 3.36. The first kappa shape index (κ1) is 12.6. The third kappa shape index (κ3) is 2.71. The Labute approximate surface area is 105 Å². The van der Waals surface area contributed by atoms with Crippen LogP contribution in [0.2, 0.25) is 0 Å². The number of aliphatic hydroxyl groups excluding tert-OH is 1. The van der Waals surface area contributed by atoms with E-state index in [-0.39, 0.29) is 6.10 Å². The summed E-state index contributed by atoms with van der Waals surface area (Å²) in [5.41, 5.74) is 5.95. The first-order valence-electron chi connectivity index (χ1n) is 6.64. The van der Waals surface area contributed by atoms with Crippen LogP contribution in [0.3, 0.4) is 0 Å². The molecule has 0 spiro atoms. The van der Waals surface area contributed by atoms with E-state index < -0.39 is 0 Å². The molecule has 1 nitrogen and oxygen atoms in total. The maximum Gasteiger partial charge on any atom is 0.0545 e. The van der Waals surface area contributed by atoms with E-state index in [2.05, 4.69) is 39.8 Å². The average molecular weight is 232 g/mol. The molecular weight excluding hydrogens is 208 g/mol. The molecule has 0 aromatic heterocycles. The van der Waals surface area contributed by atoms with Gasteiger partial charge in [-0.1, -0.05) is 24.6 Å². The molecule has 0 aliphatic heterocycles. The molecular formula is C16H24O. The van der Waals surface area contributed by atoms with Gasteiger partial charge in [0.2, 0.25) is 0 Å². The van der Waals surface area contributed by atoms with E-state index in [9.17, 15) is 5.11 Å². The summed E-state index contributed by atoms with van der Waals surface area (Å²) in [5.74, 6) is 0. The number of aryl methyl sites for hydroxylation is 3. The second kappa shape index (κ2) is 4.45. The van der Waals surface area contributed by atoms with E-state index in [0.717, 1.165) is 25.7 Å². The van der Waals surface area contributed by atoms with Crippen LogP contribution in [-0.2, 0) is 6.42 Å². The fourth-order valence-corrected chi connectivity index (χ4v) is 3.36. The highest BCUT2D eigenvalue weighted by atomic mass is 16.3. The zero-order valence-corrected chi connectivity index (χ0v) is 11.5. The molecule has 0 heterocycles. The molecule has 1 aromatic carbocycles. The summed E-state index contributed by atoms with van der Waals surface area (Å²) < 4.78 is 0. The molecule has 1 heteroatoms. The van der Waals surface area contributed by atoms with Crippen LogP contribution < -0.4 is 0 Å². The summed E-state index contributed by atoms with van der Waals surface area (Å²) in [6.45, 7) is 8.90. The quantitative estimate of drug-likeness (QED) is 0.824. The molecule has 2 rings (SSSR count). The maximum absolute atomic E-state index is 9.73. The molecule has 1 N–H and O–H groups in total. The summed E-state index contributed by atoms with van der Waals surface area (Å²) in [5, 5.41) is 9.73. The van der Waals surface area contributed by atoms with Gasteiger partial charge in [-0.2, -0.15) is 0 Å². The third-order valence-electron chi connectivity index (χ3n) is 4.25. The molecule has 1 aliphatic carbocycles. The number of benzene rings is 1. The average Bonchev–Trinajstić information content (AvgIpc) is 2.53. The highest BCUT2D eigenvalue weighted by Crippen LogP contribution is 2.41. The van der Waals surface area contributed by atoms with Crippen LogP contribution in [0.4, 0.5) is 0 Å². The number of rotatable bonds is 2. The molecule has 1 aromatic rings. The Kier molecular flexibility index (Phi) is 3.31. The Bertz CT molecular complexity index is 399. The lowest BCUT2D eigenvalue weighted by molar-refractivity contribution is 0.163. The summed E-state index contributed by atoms with van der Waals surface area (Å²) in [6.07, 6.45) is 4.12. The van der Waals surface area contributed by atoms with Gasteiger partial charge >= 0.3 is 0 Å². The standard InChI is InChI=1S/C16H24O/c1-11-7-12(2)15(13(3)8-11)10-16(4)6-5-14(17)9-16/h7-8,14,17H,5-6,9-10H2,1-4H3. The van der Waals surface area contributed by atoms with Crippen LogP contribution in [-0.4, -0.2) is 11.2 Å². The fraction of sp³-hybridized carbons (Fsp3) is 0.625. The SMILES string of the molecule is Cc1cc(C)c(CC2(C)CCC(O)C2)c(C)c1. The van der Waals surface area contributed by atoms with Crippen molar-refractivity contribution < 1.29 is 5.11 Å². The van der Waals surface area contributed by atoms with Crippen molar-refractivity contribution in [1.29, 1.82) is 0 Å². The van der Waals surface area contributed by atoms with E-state index in [1.165, 1.54) is 22.3 Å². The first-order chi connectivity index (χ1) is 7.89. The van der Waals surface area contributed by atoms with E-state index in [1.54, 1.807) is 0 Å². The molecule has 17 heavy (non-hydrogen) atoms. The Hall–Kier alpha value is -0.820. The highest BCUT2D eigenvalue weighted by Gasteiger charge is 2.34. The zero-order valence-electron chi connectivity index (χ0n) is 11.5. The van der Waals surface area contributed by atoms with E-state index in [1.807, 2.05) is 0 Å². The van der Waals surface area contributed by atoms with Crippen LogP contribution in [0.15, 0.2) is 12.1 Å². The van der Waals surface area contributed by atoms with E-state index >= 15 is 0 Å². The largest absolute Gasteiger partial charge is 0.393 e. The van der Waals surface area contributed by atoms with Gasteiger partial charge < -0.3 is 5.11 Å². The molecule has 94 valence electrons. The smallest absolute Gasteiger partial charge is 0.0545 e. The Balaban J connectivity index is 2.24. The zero-order chi connectivity index (χ0) is 12.6. The Morgan fingerprint density at radius 3 is 2.29 bits per heavy atom. The lowest BCUT2D eigenvalue weighted by Gasteiger charge is -2.26. The van der Waals surface area contributed by atoms with Gasteiger partial charge in [-0.05, 0) is 68.6 Å². The van der Waals surface area contributed by atoms with Crippen LogP contribution in [0, 0.1) is 26.2 Å². The summed E-state index contributed by atoms with van der Waals surface area (Å²) in [7, 11) is 0. The van der Waals surface area contributed by atoms with Gasteiger partial charge in [0.15, 0.2) is 0 Å². The van der Waals surface area contributed by atoms with Crippen molar-refractivity contribution in [1.82, 2.24) is 0 Å². The predicted molar refractivity (Wildman–Crippen MR) is 72.3 cm³/mol. The Morgan fingerprint density at radius 1 is 1.24 bits per heavy atom. The van der Waals surface area contributed by atoms with Gasteiger partial charge in [-0.15, -0.1) is 0 Å². The van der Waals surface area contributed by atoms with E-state index in [0.29, 0.717) is 5.41 Å². The number of hydrogen-bond donors (Lipinski definition) is 1. The second-order valence-corrected chi connectivity index (χ2v) is 6.26. The van der Waals surface area contributed by atoms with E-state index in [4.69, 9.17) is 0 Å². The topological polar surface area (TPSA) is 20.2 Å².